The van der Waals surface area contributed by atoms with E-state index in [2.05, 4.69) is 70.5 Å². The topological polar surface area (TPSA) is 9.72 Å². The number of rotatable bonds is 9. The second-order valence-corrected chi connectivity index (χ2v) is 10.3. The summed E-state index contributed by atoms with van der Waals surface area (Å²) >= 11 is 4.16. The fourth-order valence-corrected chi connectivity index (χ4v) is 10.6. The smallest absolute Gasteiger partial charge is 0.291 e. The number of halogens is 1. The van der Waals surface area contributed by atoms with E-state index in [0.717, 1.165) is 39.3 Å². The maximum Gasteiger partial charge on any atom is 0.364 e. The number of hydrogen-bond acceptors (Lipinski definition) is 3. The van der Waals surface area contributed by atoms with E-state index in [1.165, 1.54) is 0 Å². The predicted octanol–water partition coefficient (Wildman–Crippen LogP) is 2.84. The van der Waals surface area contributed by atoms with Crippen LogP contribution in [0.3, 0.4) is 0 Å². The lowest BCUT2D eigenvalue weighted by Gasteiger charge is -2.49. The molecule has 104 valence electrons. The Labute approximate surface area is 117 Å². The average molecular weight is 324 g/mol. The molecule has 5 heteroatoms. The second kappa shape index (κ2) is 8.64. The van der Waals surface area contributed by atoms with Gasteiger partial charge in [-0.15, -0.1) is 0 Å². The van der Waals surface area contributed by atoms with Crippen LogP contribution in [0.25, 0.3) is 0 Å². The van der Waals surface area contributed by atoms with E-state index in [0.29, 0.717) is 0 Å². The average Bonchev–Trinajstić information content (AvgIpc) is 2.33. The zero-order valence-corrected chi connectivity index (χ0v) is 15.0. The minimum atomic E-state index is -1.83. The molecule has 3 nitrogen and oxygen atoms in total. The Morgan fingerprint density at radius 2 is 0.765 bits per heavy atom. The minimum Gasteiger partial charge on any atom is -0.291 e. The quantitative estimate of drug-likeness (QED) is 0.477. The molecule has 0 atom stereocenters. The summed E-state index contributed by atoms with van der Waals surface area (Å²) in [6.45, 7) is 20.3. The van der Waals surface area contributed by atoms with Crippen LogP contribution in [-0.2, 0) is 0 Å². The molecular weight excluding hydrogens is 294 g/mol. The normalized spacial score (nSPS) is 13.1. The molecule has 0 aromatic rings. The Morgan fingerprint density at radius 1 is 0.588 bits per heavy atom. The summed E-state index contributed by atoms with van der Waals surface area (Å²) in [4.78, 5) is 0. The SMILES string of the molecule is CCN(CC)[Si](Br)(N(CC)CC)N(CC)CC. The van der Waals surface area contributed by atoms with Crippen LogP contribution in [-0.4, -0.2) is 60.1 Å². The van der Waals surface area contributed by atoms with Gasteiger partial charge in [-0.05, 0) is 39.3 Å². The van der Waals surface area contributed by atoms with Gasteiger partial charge in [0.1, 0.15) is 0 Å². The summed E-state index contributed by atoms with van der Waals surface area (Å²) in [5.41, 5.74) is 0. The highest BCUT2D eigenvalue weighted by atomic mass is 79.9. The third-order valence-electron chi connectivity index (χ3n) is 3.50. The Hall–Kier alpha value is 0.577. The molecule has 0 aliphatic rings. The lowest BCUT2D eigenvalue weighted by molar-refractivity contribution is 0.287. The number of nitrogens with zero attached hydrogens (tertiary/aromatic N) is 3. The van der Waals surface area contributed by atoms with E-state index >= 15 is 0 Å². The van der Waals surface area contributed by atoms with Gasteiger partial charge in [0.15, 0.2) is 0 Å². The highest BCUT2D eigenvalue weighted by molar-refractivity contribution is 9.25. The van der Waals surface area contributed by atoms with E-state index in [1.54, 1.807) is 0 Å². The lowest BCUT2D eigenvalue weighted by atomic mass is 10.6. The first-order valence-corrected chi connectivity index (χ1v) is 11.1. The monoisotopic (exact) mass is 323 g/mol. The van der Waals surface area contributed by atoms with Crippen LogP contribution in [0.4, 0.5) is 0 Å². The maximum atomic E-state index is 4.16. The van der Waals surface area contributed by atoms with Crippen LogP contribution in [0.5, 0.6) is 0 Å². The van der Waals surface area contributed by atoms with Crippen molar-refractivity contribution in [2.45, 2.75) is 41.5 Å². The van der Waals surface area contributed by atoms with E-state index < -0.39 is 7.18 Å². The molecular formula is C12H30BrN3Si. The first-order valence-electron chi connectivity index (χ1n) is 7.00. The molecule has 0 spiro atoms. The molecule has 0 aromatic heterocycles. The zero-order chi connectivity index (χ0) is 13.5. The van der Waals surface area contributed by atoms with Gasteiger partial charge in [-0.3, -0.25) is 13.7 Å². The fourth-order valence-electron chi connectivity index (χ4n) is 2.48. The second-order valence-electron chi connectivity index (χ2n) is 4.07. The molecule has 0 saturated heterocycles. The highest BCUT2D eigenvalue weighted by Gasteiger charge is 2.46. The van der Waals surface area contributed by atoms with Crippen LogP contribution < -0.4 is 0 Å². The Kier molecular flexibility index (Phi) is 8.93. The van der Waals surface area contributed by atoms with Crippen molar-refractivity contribution in [2.24, 2.45) is 0 Å². The number of hydrogen-bond donors (Lipinski definition) is 0. The summed E-state index contributed by atoms with van der Waals surface area (Å²) in [6, 6.07) is 0. The van der Waals surface area contributed by atoms with Crippen molar-refractivity contribution in [2.75, 3.05) is 39.3 Å². The molecule has 0 aliphatic heterocycles. The van der Waals surface area contributed by atoms with Gasteiger partial charge >= 0.3 is 7.18 Å². The summed E-state index contributed by atoms with van der Waals surface area (Å²) in [6.07, 6.45) is 0. The van der Waals surface area contributed by atoms with Crippen LogP contribution in [0.1, 0.15) is 41.5 Å². The standard InChI is InChI=1S/C12H30BrN3Si/c1-7-14(8-2)17(13,15(9-3)10-4)16(11-5)12-6/h7-12H2,1-6H3. The van der Waals surface area contributed by atoms with Crippen molar-refractivity contribution < 1.29 is 0 Å². The fraction of sp³-hybridized carbons (Fsp3) is 1.00. The molecule has 0 aromatic carbocycles. The van der Waals surface area contributed by atoms with Gasteiger partial charge in [0.25, 0.3) is 0 Å². The van der Waals surface area contributed by atoms with Crippen molar-refractivity contribution >= 4 is 22.5 Å². The van der Waals surface area contributed by atoms with Crippen molar-refractivity contribution in [1.29, 1.82) is 0 Å². The van der Waals surface area contributed by atoms with Gasteiger partial charge in [0.05, 0.1) is 0 Å². The third kappa shape index (κ3) is 3.77. The van der Waals surface area contributed by atoms with E-state index in [-0.39, 0.29) is 0 Å². The van der Waals surface area contributed by atoms with Crippen molar-refractivity contribution in [3.63, 3.8) is 0 Å². The van der Waals surface area contributed by atoms with Crippen LogP contribution in [0, 0.1) is 0 Å². The Balaban J connectivity index is 5.29. The molecule has 0 fully saturated rings. The van der Waals surface area contributed by atoms with Crippen molar-refractivity contribution in [3.05, 3.63) is 0 Å². The summed E-state index contributed by atoms with van der Waals surface area (Å²) in [7, 11) is -1.83. The maximum absolute atomic E-state index is 4.16. The molecule has 17 heavy (non-hydrogen) atoms. The third-order valence-corrected chi connectivity index (χ3v) is 12.3. The van der Waals surface area contributed by atoms with Gasteiger partial charge in [-0.1, -0.05) is 56.8 Å². The predicted molar refractivity (Wildman–Crippen MR) is 83.4 cm³/mol. The zero-order valence-electron chi connectivity index (χ0n) is 12.5. The minimum absolute atomic E-state index is 1.11. The van der Waals surface area contributed by atoms with Crippen LogP contribution in [0.15, 0.2) is 0 Å². The molecule has 0 bridgehead atoms. The molecule has 0 rings (SSSR count). The molecule has 0 saturated carbocycles. The van der Waals surface area contributed by atoms with E-state index in [9.17, 15) is 0 Å². The molecule has 0 aliphatic carbocycles. The first-order chi connectivity index (χ1) is 8.06. The largest absolute Gasteiger partial charge is 0.364 e. The molecule has 0 amide bonds. The van der Waals surface area contributed by atoms with Crippen molar-refractivity contribution in [3.8, 4) is 0 Å². The van der Waals surface area contributed by atoms with Gasteiger partial charge in [-0.2, -0.15) is 0 Å². The van der Waals surface area contributed by atoms with E-state index in [4.69, 9.17) is 0 Å². The van der Waals surface area contributed by atoms with Gasteiger partial charge in [0, 0.05) is 0 Å². The first kappa shape index (κ1) is 17.6. The van der Waals surface area contributed by atoms with Gasteiger partial charge < -0.3 is 0 Å². The van der Waals surface area contributed by atoms with Crippen LogP contribution in [0.2, 0.25) is 0 Å². The summed E-state index contributed by atoms with van der Waals surface area (Å²) in [5, 5.41) is 0. The van der Waals surface area contributed by atoms with Gasteiger partial charge in [0.2, 0.25) is 0 Å². The van der Waals surface area contributed by atoms with Crippen molar-refractivity contribution in [1.82, 2.24) is 13.7 Å². The van der Waals surface area contributed by atoms with Crippen LogP contribution >= 0.6 is 15.3 Å². The Bertz CT molecular complexity index is 161. The molecule has 0 heterocycles. The molecule has 0 N–H and O–H groups in total. The summed E-state index contributed by atoms with van der Waals surface area (Å²) in [5.74, 6) is 0. The molecule has 0 radical (unpaired) electrons. The van der Waals surface area contributed by atoms with E-state index in [1.807, 2.05) is 0 Å². The van der Waals surface area contributed by atoms with Gasteiger partial charge in [-0.25, -0.2) is 0 Å². The molecule has 0 unspecified atom stereocenters. The Morgan fingerprint density at radius 3 is 0.882 bits per heavy atom. The summed E-state index contributed by atoms with van der Waals surface area (Å²) < 4.78 is 7.85. The highest BCUT2D eigenvalue weighted by Crippen LogP contribution is 2.26. The lowest BCUT2D eigenvalue weighted by Crippen LogP contribution is -2.71.